The Kier molecular flexibility index (Phi) is 4.53. The molecule has 0 amide bonds. The van der Waals surface area contributed by atoms with Crippen LogP contribution in [0.2, 0.25) is 5.15 Å². The molecule has 3 aliphatic heterocycles. The van der Waals surface area contributed by atoms with Crippen molar-refractivity contribution in [1.29, 1.82) is 0 Å². The molecule has 12 heteroatoms. The molecule has 2 aromatic heterocycles. The number of hydrogen-bond acceptors (Lipinski definition) is 10. The molecule has 2 unspecified atom stereocenters. The van der Waals surface area contributed by atoms with E-state index >= 15 is 0 Å². The van der Waals surface area contributed by atoms with Crippen LogP contribution in [0.3, 0.4) is 0 Å². The molecule has 0 bridgehead atoms. The van der Waals surface area contributed by atoms with E-state index in [0.29, 0.717) is 23.3 Å². The summed E-state index contributed by atoms with van der Waals surface area (Å²) in [5.74, 6) is 1.32. The minimum atomic E-state index is -0.862. The Labute approximate surface area is 178 Å². The van der Waals surface area contributed by atoms with Gasteiger partial charge in [0.2, 0.25) is 17.9 Å². The maximum absolute atomic E-state index is 6.29. The Hall–Kier alpha value is -2.89. The van der Waals surface area contributed by atoms with Gasteiger partial charge in [-0.05, 0) is 31.5 Å². The number of hydrazine groups is 1. The summed E-state index contributed by atoms with van der Waals surface area (Å²) < 4.78 is 7.50. The van der Waals surface area contributed by atoms with Gasteiger partial charge in [-0.25, -0.2) is 10.0 Å². The number of nitrogens with one attached hydrogen (secondary N) is 1. The Morgan fingerprint density at radius 1 is 1.37 bits per heavy atom. The summed E-state index contributed by atoms with van der Waals surface area (Å²) in [5, 5.41) is 6.33. The molecule has 0 aromatic carbocycles. The summed E-state index contributed by atoms with van der Waals surface area (Å²) in [5.41, 5.74) is 15.3. The zero-order valence-electron chi connectivity index (χ0n) is 16.5. The third-order valence-corrected chi connectivity index (χ3v) is 5.96. The molecule has 11 nitrogen and oxygen atoms in total. The molecule has 0 radical (unpaired) electrons. The van der Waals surface area contributed by atoms with Crippen LogP contribution in [0.25, 0.3) is 0 Å². The average Bonchev–Trinajstić information content (AvgIpc) is 3.45. The van der Waals surface area contributed by atoms with Crippen LogP contribution in [-0.2, 0) is 19.3 Å². The van der Waals surface area contributed by atoms with Crippen molar-refractivity contribution in [3.63, 3.8) is 0 Å². The van der Waals surface area contributed by atoms with Crippen LogP contribution in [-0.4, -0.2) is 50.2 Å². The Balaban J connectivity index is 1.44. The van der Waals surface area contributed by atoms with Crippen LogP contribution in [0.4, 0.5) is 0 Å². The number of halogens is 1. The molecule has 2 aromatic rings. The molecule has 158 valence electrons. The quantitative estimate of drug-likeness (QED) is 0.634. The van der Waals surface area contributed by atoms with Crippen molar-refractivity contribution in [3.8, 4) is 0 Å². The molecule has 30 heavy (non-hydrogen) atoms. The SMILES string of the molecule is Cn1cc(CN2CCCC2CC2(c3ccco3)N=C3N=C(N)N=C(N)N3N2)c(Cl)n1. The van der Waals surface area contributed by atoms with Crippen molar-refractivity contribution in [1.82, 2.24) is 25.1 Å². The molecule has 5 heterocycles. The summed E-state index contributed by atoms with van der Waals surface area (Å²) >= 11 is 6.29. The van der Waals surface area contributed by atoms with Crippen molar-refractivity contribution >= 4 is 29.5 Å². The minimum Gasteiger partial charge on any atom is -0.465 e. The van der Waals surface area contributed by atoms with Gasteiger partial charge >= 0.3 is 0 Å². The minimum absolute atomic E-state index is 0.0771. The number of fused-ring (bicyclic) bond motifs is 1. The molecule has 1 fully saturated rings. The van der Waals surface area contributed by atoms with Crippen molar-refractivity contribution in [2.45, 2.75) is 37.5 Å². The van der Waals surface area contributed by atoms with Gasteiger partial charge in [-0.1, -0.05) is 11.6 Å². The smallest absolute Gasteiger partial charge is 0.248 e. The zero-order chi connectivity index (χ0) is 20.9. The summed E-state index contributed by atoms with van der Waals surface area (Å²) in [6, 6.07) is 3.98. The second-order valence-corrected chi connectivity index (χ2v) is 8.08. The molecule has 0 aliphatic carbocycles. The van der Waals surface area contributed by atoms with Crippen molar-refractivity contribution in [2.24, 2.45) is 33.5 Å². The van der Waals surface area contributed by atoms with Gasteiger partial charge in [-0.3, -0.25) is 9.58 Å². The standard InChI is InChI=1S/C18H23ClN10O/c1-27-9-11(14(19)25-27)10-28-6-2-4-12(28)8-18(13-5-3-7-30-13)24-17-23-15(20)22-16(21)29(17)26-18/h3,5,7,9,12,26H,2,4,6,8,10H2,1H3,(H4,20,21,22,23,24). The Morgan fingerprint density at radius 3 is 2.97 bits per heavy atom. The van der Waals surface area contributed by atoms with Gasteiger partial charge in [-0.2, -0.15) is 20.5 Å². The first-order valence-electron chi connectivity index (χ1n) is 9.76. The first-order valence-corrected chi connectivity index (χ1v) is 10.1. The highest BCUT2D eigenvalue weighted by atomic mass is 35.5. The molecule has 3 aliphatic rings. The fourth-order valence-electron chi connectivity index (χ4n) is 4.34. The number of aryl methyl sites for hydroxylation is 1. The number of guanidine groups is 3. The molecular formula is C18H23ClN10O. The van der Waals surface area contributed by atoms with Crippen molar-refractivity contribution in [3.05, 3.63) is 41.1 Å². The number of furan rings is 1. The topological polar surface area (TPSA) is 139 Å². The number of rotatable bonds is 5. The van der Waals surface area contributed by atoms with E-state index in [1.54, 1.807) is 16.0 Å². The second kappa shape index (κ2) is 7.11. The number of aliphatic imine (C=N–C) groups is 3. The monoisotopic (exact) mass is 430 g/mol. The molecule has 0 saturated carbocycles. The fraction of sp³-hybridized carbons (Fsp3) is 0.444. The highest BCUT2D eigenvalue weighted by Gasteiger charge is 2.48. The lowest BCUT2D eigenvalue weighted by molar-refractivity contribution is 0.147. The number of hydrogen-bond donors (Lipinski definition) is 3. The third-order valence-electron chi connectivity index (χ3n) is 5.65. The third kappa shape index (κ3) is 3.24. The Bertz CT molecular complexity index is 1040. The number of nitrogens with two attached hydrogens (primary N) is 2. The molecule has 1 saturated heterocycles. The van der Waals surface area contributed by atoms with E-state index in [-0.39, 0.29) is 18.0 Å². The Morgan fingerprint density at radius 2 is 2.23 bits per heavy atom. The lowest BCUT2D eigenvalue weighted by Gasteiger charge is -2.33. The van der Waals surface area contributed by atoms with Gasteiger partial charge in [0.05, 0.1) is 6.26 Å². The van der Waals surface area contributed by atoms with E-state index < -0.39 is 5.66 Å². The zero-order valence-corrected chi connectivity index (χ0v) is 17.2. The van der Waals surface area contributed by atoms with Crippen molar-refractivity contribution < 1.29 is 4.42 Å². The maximum atomic E-state index is 6.29. The van der Waals surface area contributed by atoms with Crippen LogP contribution in [0.15, 0.2) is 44.0 Å². The summed E-state index contributed by atoms with van der Waals surface area (Å²) in [7, 11) is 1.87. The number of likely N-dealkylation sites (tertiary alicyclic amines) is 1. The highest BCUT2D eigenvalue weighted by molar-refractivity contribution is 6.30. The van der Waals surface area contributed by atoms with Gasteiger partial charge < -0.3 is 15.9 Å². The van der Waals surface area contributed by atoms with Crippen LogP contribution in [0.1, 0.15) is 30.6 Å². The molecule has 2 atom stereocenters. The fourth-order valence-corrected chi connectivity index (χ4v) is 4.56. The first kappa shape index (κ1) is 19.1. The van der Waals surface area contributed by atoms with E-state index in [1.807, 2.05) is 25.4 Å². The molecule has 0 spiro atoms. The highest BCUT2D eigenvalue weighted by Crippen LogP contribution is 2.38. The van der Waals surface area contributed by atoms with E-state index in [0.717, 1.165) is 31.5 Å². The number of aromatic nitrogens is 2. The van der Waals surface area contributed by atoms with E-state index in [2.05, 4.69) is 25.4 Å². The second-order valence-electron chi connectivity index (χ2n) is 7.73. The summed E-state index contributed by atoms with van der Waals surface area (Å²) in [6.07, 6.45) is 6.37. The molecular weight excluding hydrogens is 408 g/mol. The van der Waals surface area contributed by atoms with E-state index in [1.165, 1.54) is 0 Å². The van der Waals surface area contributed by atoms with Crippen LogP contribution in [0.5, 0.6) is 0 Å². The summed E-state index contributed by atoms with van der Waals surface area (Å²) in [4.78, 5) is 15.5. The van der Waals surface area contributed by atoms with Gasteiger partial charge in [0.25, 0.3) is 0 Å². The van der Waals surface area contributed by atoms with Crippen LogP contribution in [0, 0.1) is 0 Å². The lowest BCUT2D eigenvalue weighted by Crippen LogP contribution is -2.55. The number of nitrogens with zero attached hydrogens (tertiary/aromatic N) is 7. The predicted molar refractivity (Wildman–Crippen MR) is 112 cm³/mol. The van der Waals surface area contributed by atoms with Crippen LogP contribution >= 0.6 is 11.6 Å². The van der Waals surface area contributed by atoms with Gasteiger partial charge in [0, 0.05) is 37.8 Å². The van der Waals surface area contributed by atoms with Gasteiger partial charge in [-0.15, -0.1) is 0 Å². The predicted octanol–water partition coefficient (Wildman–Crippen LogP) is 0.693. The van der Waals surface area contributed by atoms with Crippen LogP contribution < -0.4 is 16.9 Å². The summed E-state index contributed by atoms with van der Waals surface area (Å²) in [6.45, 7) is 1.69. The average molecular weight is 431 g/mol. The first-order chi connectivity index (χ1) is 14.4. The largest absolute Gasteiger partial charge is 0.465 e. The molecule has 5 N–H and O–H groups in total. The van der Waals surface area contributed by atoms with Gasteiger partial charge in [0.15, 0.2) is 10.8 Å². The normalized spacial score (nSPS) is 26.5. The maximum Gasteiger partial charge on any atom is 0.248 e. The van der Waals surface area contributed by atoms with Crippen molar-refractivity contribution in [2.75, 3.05) is 6.54 Å². The van der Waals surface area contributed by atoms with Gasteiger partial charge in [0.1, 0.15) is 5.76 Å². The lowest BCUT2D eigenvalue weighted by atomic mass is 9.97. The van der Waals surface area contributed by atoms with E-state index in [9.17, 15) is 0 Å². The molecule has 5 rings (SSSR count). The van der Waals surface area contributed by atoms with E-state index in [4.69, 9.17) is 32.5 Å².